The fraction of sp³-hybridized carbons (Fsp3) is 0.0588. The summed E-state index contributed by atoms with van der Waals surface area (Å²) in [5, 5.41) is 2.78. The van der Waals surface area contributed by atoms with Crippen LogP contribution in [-0.2, 0) is 4.79 Å². The van der Waals surface area contributed by atoms with Gasteiger partial charge in [-0.05, 0) is 42.0 Å². The number of carbonyl (C=O) groups excluding carboxylic acids is 1. The smallest absolute Gasteiger partial charge is 0.275 e. The summed E-state index contributed by atoms with van der Waals surface area (Å²) in [6, 6.07) is 15.1. The van der Waals surface area contributed by atoms with E-state index in [1.165, 1.54) is 0 Å². The van der Waals surface area contributed by atoms with Crippen molar-refractivity contribution in [1.82, 2.24) is 5.32 Å². The van der Waals surface area contributed by atoms with Crippen LogP contribution in [0.2, 0.25) is 0 Å². The Morgan fingerprint density at radius 1 is 1.14 bits per heavy atom. The lowest BCUT2D eigenvalue weighted by molar-refractivity contribution is -0.115. The van der Waals surface area contributed by atoms with Gasteiger partial charge in [-0.15, -0.1) is 0 Å². The van der Waals surface area contributed by atoms with E-state index in [1.54, 1.807) is 13.2 Å². The Morgan fingerprint density at radius 2 is 1.86 bits per heavy atom. The summed E-state index contributed by atoms with van der Waals surface area (Å²) < 4.78 is 6.04. The molecule has 22 heavy (non-hydrogen) atoms. The molecule has 0 aliphatic carbocycles. The molecule has 1 heterocycles. The second-order valence-electron chi connectivity index (χ2n) is 4.69. The third-order valence-electron chi connectivity index (χ3n) is 3.26. The van der Waals surface area contributed by atoms with Crippen LogP contribution in [0.4, 0.5) is 0 Å². The first-order valence-electron chi connectivity index (χ1n) is 6.68. The molecule has 1 N–H and O–H groups in total. The summed E-state index contributed by atoms with van der Waals surface area (Å²) in [5.41, 5.74) is 2.13. The Labute approximate surface area is 136 Å². The fourth-order valence-corrected chi connectivity index (χ4v) is 2.49. The molecule has 2 aromatic carbocycles. The van der Waals surface area contributed by atoms with Crippen LogP contribution >= 0.6 is 15.9 Å². The lowest BCUT2D eigenvalue weighted by Crippen LogP contribution is -2.24. The number of methoxy groups -OCH3 is 1. The highest BCUT2D eigenvalue weighted by molar-refractivity contribution is 9.10. The van der Waals surface area contributed by atoms with Gasteiger partial charge in [0.05, 0.1) is 7.11 Å². The van der Waals surface area contributed by atoms with Crippen molar-refractivity contribution in [2.45, 2.75) is 0 Å². The first-order chi connectivity index (χ1) is 10.7. The summed E-state index contributed by atoms with van der Waals surface area (Å²) in [4.78, 5) is 16.4. The van der Waals surface area contributed by atoms with E-state index in [-0.39, 0.29) is 5.91 Å². The molecular formula is C17H13BrN2O2. The highest BCUT2D eigenvalue weighted by atomic mass is 79.9. The van der Waals surface area contributed by atoms with Crippen molar-refractivity contribution in [3.63, 3.8) is 0 Å². The summed E-state index contributed by atoms with van der Waals surface area (Å²) in [6.45, 7) is 0. The predicted molar refractivity (Wildman–Crippen MR) is 89.8 cm³/mol. The fourth-order valence-electron chi connectivity index (χ4n) is 2.09. The van der Waals surface area contributed by atoms with E-state index in [9.17, 15) is 4.79 Å². The van der Waals surface area contributed by atoms with Gasteiger partial charge in [0.1, 0.15) is 17.3 Å². The molecule has 0 saturated carbocycles. The lowest BCUT2D eigenvalue weighted by atomic mass is 10.2. The molecule has 1 aliphatic heterocycles. The van der Waals surface area contributed by atoms with E-state index < -0.39 is 0 Å². The number of ether oxygens (including phenoxy) is 1. The molecule has 2 aromatic rings. The zero-order chi connectivity index (χ0) is 15.5. The number of rotatable bonds is 3. The van der Waals surface area contributed by atoms with E-state index >= 15 is 0 Å². The zero-order valence-electron chi connectivity index (χ0n) is 11.8. The van der Waals surface area contributed by atoms with Crippen LogP contribution in [-0.4, -0.2) is 18.9 Å². The maximum atomic E-state index is 12.1. The molecule has 1 aliphatic rings. The van der Waals surface area contributed by atoms with Crippen LogP contribution in [0, 0.1) is 0 Å². The standard InChI is InChI=1S/C17H13BrN2O2/c1-22-13-8-6-11(7-9-13)16-19-15(17(21)20-16)10-12-4-2-3-5-14(12)18/h2-10H,1H3,(H,19,20,21)/b15-10-. The van der Waals surface area contributed by atoms with Crippen molar-refractivity contribution in [1.29, 1.82) is 0 Å². The number of hydrogen-bond donors (Lipinski definition) is 1. The molecule has 0 unspecified atom stereocenters. The minimum Gasteiger partial charge on any atom is -0.497 e. The van der Waals surface area contributed by atoms with Crippen LogP contribution in [0.25, 0.3) is 6.08 Å². The Bertz CT molecular complexity index is 780. The van der Waals surface area contributed by atoms with Gasteiger partial charge in [-0.25, -0.2) is 4.99 Å². The largest absolute Gasteiger partial charge is 0.497 e. The number of nitrogens with zero attached hydrogens (tertiary/aromatic N) is 1. The number of halogens is 1. The Hall–Kier alpha value is -2.40. The van der Waals surface area contributed by atoms with Crippen LogP contribution < -0.4 is 10.1 Å². The number of amides is 1. The topological polar surface area (TPSA) is 50.7 Å². The third-order valence-corrected chi connectivity index (χ3v) is 3.98. The molecule has 3 rings (SSSR count). The SMILES string of the molecule is COc1ccc(C2=N/C(=C\c3ccccc3Br)C(=O)N2)cc1. The summed E-state index contributed by atoms with van der Waals surface area (Å²) in [5.74, 6) is 1.10. The van der Waals surface area contributed by atoms with Gasteiger partial charge in [-0.3, -0.25) is 4.79 Å². The number of nitrogens with one attached hydrogen (secondary N) is 1. The second-order valence-corrected chi connectivity index (χ2v) is 5.55. The maximum absolute atomic E-state index is 12.1. The minimum atomic E-state index is -0.207. The number of amidine groups is 1. The van der Waals surface area contributed by atoms with E-state index in [0.717, 1.165) is 21.3 Å². The monoisotopic (exact) mass is 356 g/mol. The second kappa shape index (κ2) is 6.15. The third kappa shape index (κ3) is 2.94. The van der Waals surface area contributed by atoms with Crippen molar-refractivity contribution in [3.8, 4) is 5.75 Å². The van der Waals surface area contributed by atoms with Gasteiger partial charge in [-0.1, -0.05) is 34.1 Å². The Kier molecular flexibility index (Phi) is 4.06. The number of carbonyl (C=O) groups is 1. The highest BCUT2D eigenvalue weighted by Gasteiger charge is 2.21. The van der Waals surface area contributed by atoms with Crippen LogP contribution in [0.15, 0.2) is 63.7 Å². The minimum absolute atomic E-state index is 0.207. The molecule has 5 heteroatoms. The predicted octanol–water partition coefficient (Wildman–Crippen LogP) is 3.38. The van der Waals surface area contributed by atoms with Gasteiger partial charge in [0.2, 0.25) is 0 Å². The van der Waals surface area contributed by atoms with E-state index in [4.69, 9.17) is 4.74 Å². The van der Waals surface area contributed by atoms with Gasteiger partial charge >= 0.3 is 0 Å². The molecule has 0 atom stereocenters. The van der Waals surface area contributed by atoms with Crippen LogP contribution in [0.3, 0.4) is 0 Å². The van der Waals surface area contributed by atoms with Gasteiger partial charge < -0.3 is 10.1 Å². The summed E-state index contributed by atoms with van der Waals surface area (Å²) >= 11 is 3.46. The van der Waals surface area contributed by atoms with E-state index in [1.807, 2.05) is 48.5 Å². The summed E-state index contributed by atoms with van der Waals surface area (Å²) in [7, 11) is 1.61. The zero-order valence-corrected chi connectivity index (χ0v) is 13.4. The summed E-state index contributed by atoms with van der Waals surface area (Å²) in [6.07, 6.45) is 1.76. The normalized spacial score (nSPS) is 15.6. The lowest BCUT2D eigenvalue weighted by Gasteiger charge is -2.02. The van der Waals surface area contributed by atoms with E-state index in [2.05, 4.69) is 26.2 Å². The Balaban J connectivity index is 1.92. The molecule has 0 spiro atoms. The number of hydrogen-bond acceptors (Lipinski definition) is 3. The average Bonchev–Trinajstić information content (AvgIpc) is 2.91. The molecule has 4 nitrogen and oxygen atoms in total. The first-order valence-corrected chi connectivity index (χ1v) is 7.47. The van der Waals surface area contributed by atoms with Crippen LogP contribution in [0.5, 0.6) is 5.75 Å². The van der Waals surface area contributed by atoms with Crippen LogP contribution in [0.1, 0.15) is 11.1 Å². The number of benzene rings is 2. The molecule has 110 valence electrons. The average molecular weight is 357 g/mol. The van der Waals surface area contributed by atoms with Gasteiger partial charge in [0.25, 0.3) is 5.91 Å². The number of aliphatic imine (C=N–C) groups is 1. The molecule has 0 bridgehead atoms. The Morgan fingerprint density at radius 3 is 2.55 bits per heavy atom. The maximum Gasteiger partial charge on any atom is 0.275 e. The van der Waals surface area contributed by atoms with Gasteiger partial charge in [0, 0.05) is 10.0 Å². The van der Waals surface area contributed by atoms with E-state index in [0.29, 0.717) is 11.5 Å². The molecular weight excluding hydrogens is 344 g/mol. The van der Waals surface area contributed by atoms with Crippen molar-refractivity contribution in [3.05, 3.63) is 69.8 Å². The van der Waals surface area contributed by atoms with Crippen molar-refractivity contribution < 1.29 is 9.53 Å². The quantitative estimate of drug-likeness (QED) is 0.857. The first kappa shape index (κ1) is 14.5. The molecule has 1 amide bonds. The van der Waals surface area contributed by atoms with Gasteiger partial charge in [0.15, 0.2) is 0 Å². The highest BCUT2D eigenvalue weighted by Crippen LogP contribution is 2.21. The van der Waals surface area contributed by atoms with Gasteiger partial charge in [-0.2, -0.15) is 0 Å². The molecule has 0 fully saturated rings. The molecule has 0 saturated heterocycles. The van der Waals surface area contributed by atoms with Crippen molar-refractivity contribution >= 4 is 33.7 Å². The van der Waals surface area contributed by atoms with Crippen molar-refractivity contribution in [2.75, 3.05) is 7.11 Å². The molecule has 0 radical (unpaired) electrons. The molecule has 0 aromatic heterocycles. The van der Waals surface area contributed by atoms with Crippen molar-refractivity contribution in [2.24, 2.45) is 4.99 Å².